The van der Waals surface area contributed by atoms with Crippen molar-refractivity contribution in [3.63, 3.8) is 0 Å². The van der Waals surface area contributed by atoms with Gasteiger partial charge in [-0.2, -0.15) is 0 Å². The van der Waals surface area contributed by atoms with E-state index in [2.05, 4.69) is 15.9 Å². The number of hydrogen-bond acceptors (Lipinski definition) is 3. The Hall–Kier alpha value is -1.36. The van der Waals surface area contributed by atoms with Crippen molar-refractivity contribution in [1.29, 1.82) is 0 Å². The maximum atomic E-state index is 10.7. The third-order valence-corrected chi connectivity index (χ3v) is 5.15. The average Bonchev–Trinajstić information content (AvgIpc) is 2.90. The van der Waals surface area contributed by atoms with Crippen molar-refractivity contribution < 1.29 is 9.84 Å². The van der Waals surface area contributed by atoms with E-state index in [9.17, 15) is 5.11 Å². The first-order valence-corrected chi connectivity index (χ1v) is 8.28. The van der Waals surface area contributed by atoms with Crippen molar-refractivity contribution in [2.24, 2.45) is 0 Å². The largest absolute Gasteiger partial charge is 0.496 e. The summed E-state index contributed by atoms with van der Waals surface area (Å²) in [7, 11) is 1.64. The minimum absolute atomic E-state index is 0.584. The molecular formula is C17H15BrO2S. The molecule has 3 aromatic rings. The number of halogens is 1. The Kier molecular flexibility index (Phi) is 4.29. The van der Waals surface area contributed by atoms with E-state index in [1.54, 1.807) is 18.4 Å². The molecule has 0 aliphatic heterocycles. The van der Waals surface area contributed by atoms with Crippen molar-refractivity contribution in [1.82, 2.24) is 0 Å². The van der Waals surface area contributed by atoms with Gasteiger partial charge >= 0.3 is 0 Å². The summed E-state index contributed by atoms with van der Waals surface area (Å²) in [4.78, 5) is 1.14. The van der Waals surface area contributed by atoms with Crippen molar-refractivity contribution in [3.8, 4) is 5.75 Å². The maximum absolute atomic E-state index is 10.7. The molecule has 0 radical (unpaired) electrons. The SMILES string of the molecule is COc1ccc2ccccc2c1C(O)Cc1ccc(Br)s1. The Morgan fingerprint density at radius 1 is 1.14 bits per heavy atom. The molecule has 3 rings (SSSR count). The number of hydrogen-bond donors (Lipinski definition) is 1. The van der Waals surface area contributed by atoms with Gasteiger partial charge in [0.15, 0.2) is 0 Å². The first-order chi connectivity index (χ1) is 10.2. The van der Waals surface area contributed by atoms with E-state index in [1.807, 2.05) is 48.5 Å². The van der Waals surface area contributed by atoms with Crippen molar-refractivity contribution in [2.75, 3.05) is 7.11 Å². The number of aliphatic hydroxyl groups is 1. The lowest BCUT2D eigenvalue weighted by molar-refractivity contribution is 0.176. The molecule has 4 heteroatoms. The molecule has 2 nitrogen and oxygen atoms in total. The molecule has 108 valence electrons. The number of benzene rings is 2. The van der Waals surface area contributed by atoms with E-state index in [0.29, 0.717) is 6.42 Å². The monoisotopic (exact) mass is 362 g/mol. The van der Waals surface area contributed by atoms with E-state index in [4.69, 9.17) is 4.74 Å². The average molecular weight is 363 g/mol. The molecule has 1 heterocycles. The van der Waals surface area contributed by atoms with Gasteiger partial charge < -0.3 is 9.84 Å². The van der Waals surface area contributed by atoms with Gasteiger partial charge in [0.2, 0.25) is 0 Å². The van der Waals surface area contributed by atoms with Crippen molar-refractivity contribution >= 4 is 38.0 Å². The van der Waals surface area contributed by atoms with Crippen LogP contribution in [0, 0.1) is 0 Å². The Morgan fingerprint density at radius 3 is 2.67 bits per heavy atom. The van der Waals surface area contributed by atoms with E-state index in [0.717, 1.165) is 30.7 Å². The first kappa shape index (κ1) is 14.6. The number of methoxy groups -OCH3 is 1. The van der Waals surface area contributed by atoms with Crippen LogP contribution in [-0.2, 0) is 6.42 Å². The number of ether oxygens (including phenoxy) is 1. The molecule has 1 unspecified atom stereocenters. The second-order valence-corrected chi connectivity index (χ2v) is 7.38. The predicted molar refractivity (Wildman–Crippen MR) is 91.2 cm³/mol. The van der Waals surface area contributed by atoms with Crippen LogP contribution in [-0.4, -0.2) is 12.2 Å². The Balaban J connectivity index is 2.04. The van der Waals surface area contributed by atoms with Crippen LogP contribution >= 0.6 is 27.3 Å². The van der Waals surface area contributed by atoms with E-state index >= 15 is 0 Å². The molecular weight excluding hydrogens is 348 g/mol. The molecule has 0 amide bonds. The number of aliphatic hydroxyl groups excluding tert-OH is 1. The summed E-state index contributed by atoms with van der Waals surface area (Å²) < 4.78 is 6.53. The molecule has 21 heavy (non-hydrogen) atoms. The number of thiophene rings is 1. The number of fused-ring (bicyclic) bond motifs is 1. The van der Waals surface area contributed by atoms with Gasteiger partial charge in [-0.1, -0.05) is 30.3 Å². The van der Waals surface area contributed by atoms with E-state index in [-0.39, 0.29) is 0 Å². The van der Waals surface area contributed by atoms with Gasteiger partial charge in [0, 0.05) is 16.9 Å². The molecule has 1 aromatic heterocycles. The highest BCUT2D eigenvalue weighted by molar-refractivity contribution is 9.11. The van der Waals surface area contributed by atoms with Crippen LogP contribution in [0.25, 0.3) is 10.8 Å². The highest BCUT2D eigenvalue weighted by Crippen LogP contribution is 2.36. The fourth-order valence-corrected chi connectivity index (χ4v) is 4.07. The van der Waals surface area contributed by atoms with Crippen LogP contribution in [0.5, 0.6) is 5.75 Å². The topological polar surface area (TPSA) is 29.5 Å². The van der Waals surface area contributed by atoms with Crippen molar-refractivity contribution in [3.05, 3.63) is 62.8 Å². The first-order valence-electron chi connectivity index (χ1n) is 6.67. The summed E-state index contributed by atoms with van der Waals surface area (Å²) in [5.41, 5.74) is 0.861. The summed E-state index contributed by atoms with van der Waals surface area (Å²) in [6.45, 7) is 0. The van der Waals surface area contributed by atoms with Crippen LogP contribution in [0.3, 0.4) is 0 Å². The minimum atomic E-state index is -0.586. The molecule has 2 aromatic carbocycles. The summed E-state index contributed by atoms with van der Waals surface area (Å²) in [5.74, 6) is 0.733. The molecule has 1 atom stereocenters. The number of rotatable bonds is 4. The lowest BCUT2D eigenvalue weighted by Crippen LogP contribution is -2.04. The summed E-state index contributed by atoms with van der Waals surface area (Å²) in [5, 5.41) is 12.9. The Labute approximate surface area is 136 Å². The highest BCUT2D eigenvalue weighted by atomic mass is 79.9. The Bertz CT molecular complexity index is 766. The second-order valence-electron chi connectivity index (χ2n) is 4.83. The zero-order valence-electron chi connectivity index (χ0n) is 11.5. The van der Waals surface area contributed by atoms with Crippen LogP contribution in [0.2, 0.25) is 0 Å². The molecule has 0 aliphatic rings. The standard InChI is InChI=1S/C17H15BrO2S/c1-20-15-8-6-11-4-2-3-5-13(11)17(15)14(19)10-12-7-9-16(18)21-12/h2-9,14,19H,10H2,1H3. The lowest BCUT2D eigenvalue weighted by Gasteiger charge is -2.17. The van der Waals surface area contributed by atoms with Gasteiger partial charge in [-0.3, -0.25) is 0 Å². The van der Waals surface area contributed by atoms with Gasteiger partial charge in [-0.25, -0.2) is 0 Å². The lowest BCUT2D eigenvalue weighted by atomic mass is 9.97. The van der Waals surface area contributed by atoms with Gasteiger partial charge in [0.05, 0.1) is 17.0 Å². The minimum Gasteiger partial charge on any atom is -0.496 e. The zero-order valence-corrected chi connectivity index (χ0v) is 13.9. The van der Waals surface area contributed by atoms with Crippen LogP contribution in [0.4, 0.5) is 0 Å². The Morgan fingerprint density at radius 2 is 1.95 bits per heavy atom. The van der Waals surface area contributed by atoms with E-state index < -0.39 is 6.10 Å². The summed E-state index contributed by atoms with van der Waals surface area (Å²) >= 11 is 5.10. The van der Waals surface area contributed by atoms with Crippen LogP contribution < -0.4 is 4.74 Å². The zero-order chi connectivity index (χ0) is 14.8. The fourth-order valence-electron chi connectivity index (χ4n) is 2.55. The highest BCUT2D eigenvalue weighted by Gasteiger charge is 2.18. The fraction of sp³-hybridized carbons (Fsp3) is 0.176. The van der Waals surface area contributed by atoms with E-state index in [1.165, 1.54) is 0 Å². The molecule has 0 aliphatic carbocycles. The molecule has 0 saturated carbocycles. The van der Waals surface area contributed by atoms with Crippen molar-refractivity contribution in [2.45, 2.75) is 12.5 Å². The normalized spacial score (nSPS) is 12.5. The summed E-state index contributed by atoms with van der Waals surface area (Å²) in [6, 6.07) is 16.1. The van der Waals surface area contributed by atoms with Crippen LogP contribution in [0.1, 0.15) is 16.5 Å². The maximum Gasteiger partial charge on any atom is 0.125 e. The van der Waals surface area contributed by atoms with Gasteiger partial charge in [0.25, 0.3) is 0 Å². The smallest absolute Gasteiger partial charge is 0.125 e. The second kappa shape index (κ2) is 6.18. The van der Waals surface area contributed by atoms with Gasteiger partial charge in [-0.05, 0) is 44.9 Å². The summed E-state index contributed by atoms with van der Waals surface area (Å²) in [6.07, 6.45) is -0.00252. The molecule has 0 fully saturated rings. The van der Waals surface area contributed by atoms with Gasteiger partial charge in [-0.15, -0.1) is 11.3 Å². The molecule has 0 saturated heterocycles. The quantitative estimate of drug-likeness (QED) is 0.711. The van der Waals surface area contributed by atoms with Gasteiger partial charge in [0.1, 0.15) is 5.75 Å². The molecule has 0 bridgehead atoms. The molecule has 1 N–H and O–H groups in total. The third kappa shape index (κ3) is 2.98. The van der Waals surface area contributed by atoms with Crippen LogP contribution in [0.15, 0.2) is 52.3 Å². The third-order valence-electron chi connectivity index (χ3n) is 3.51. The molecule has 0 spiro atoms. The predicted octanol–water partition coefficient (Wildman–Crippen LogP) is 4.95.